The molecule has 5 rings (SSSR count). The Morgan fingerprint density at radius 2 is 1.83 bits per heavy atom. The molecule has 4 nitrogen and oxygen atoms in total. The number of rotatable bonds is 2. The average Bonchev–Trinajstić information content (AvgIpc) is 3.52. The highest BCUT2D eigenvalue weighted by molar-refractivity contribution is 6.46. The van der Waals surface area contributed by atoms with E-state index in [1.807, 2.05) is 12.1 Å². The molecule has 0 bridgehead atoms. The number of hydrogen-bond acceptors (Lipinski definition) is 3. The molecule has 0 spiro atoms. The Morgan fingerprint density at radius 3 is 2.59 bits per heavy atom. The predicted molar refractivity (Wildman–Crippen MR) is 102 cm³/mol. The molecule has 3 heterocycles. The fourth-order valence-electron chi connectivity index (χ4n) is 4.59. The molecule has 150 valence electrons. The minimum absolute atomic E-state index is 0.132. The summed E-state index contributed by atoms with van der Waals surface area (Å²) in [6, 6.07) is 9.61. The second kappa shape index (κ2) is 6.68. The third-order valence-electron chi connectivity index (χ3n) is 6.19. The first-order valence-electron chi connectivity index (χ1n) is 9.92. The molecule has 0 radical (unpaired) electrons. The van der Waals surface area contributed by atoms with E-state index in [1.54, 1.807) is 23.2 Å². The van der Waals surface area contributed by atoms with Crippen LogP contribution in [0, 0.1) is 0 Å². The van der Waals surface area contributed by atoms with E-state index in [0.29, 0.717) is 43.1 Å². The second-order valence-corrected chi connectivity index (χ2v) is 7.97. The van der Waals surface area contributed by atoms with E-state index in [4.69, 9.17) is 0 Å². The maximum Gasteiger partial charge on any atom is 0.416 e. The van der Waals surface area contributed by atoms with E-state index < -0.39 is 11.7 Å². The number of alkyl halides is 3. The fraction of sp³-hybridized carbons (Fsp3) is 0.409. The van der Waals surface area contributed by atoms with Gasteiger partial charge in [-0.1, -0.05) is 18.2 Å². The van der Waals surface area contributed by atoms with Crippen molar-refractivity contribution in [2.24, 2.45) is 4.99 Å². The first kappa shape index (κ1) is 18.3. The highest BCUT2D eigenvalue weighted by Gasteiger charge is 2.46. The van der Waals surface area contributed by atoms with Crippen molar-refractivity contribution in [2.45, 2.75) is 43.3 Å². The normalized spacial score (nSPS) is 23.8. The fourth-order valence-corrected chi connectivity index (χ4v) is 4.59. The van der Waals surface area contributed by atoms with Crippen molar-refractivity contribution in [2.75, 3.05) is 13.1 Å². The smallest absolute Gasteiger partial charge is 0.337 e. The number of pyridine rings is 1. The van der Waals surface area contributed by atoms with Gasteiger partial charge in [-0.2, -0.15) is 13.2 Å². The summed E-state index contributed by atoms with van der Waals surface area (Å²) >= 11 is 0. The van der Waals surface area contributed by atoms with Crippen LogP contribution in [0.1, 0.15) is 53.5 Å². The molecule has 1 aliphatic carbocycles. The summed E-state index contributed by atoms with van der Waals surface area (Å²) in [5, 5.41) is 0. The number of fused-ring (bicyclic) bond motifs is 3. The quantitative estimate of drug-likeness (QED) is 0.761. The van der Waals surface area contributed by atoms with Gasteiger partial charge in [0.05, 0.1) is 17.3 Å². The van der Waals surface area contributed by atoms with Crippen molar-refractivity contribution in [3.63, 3.8) is 0 Å². The zero-order valence-corrected chi connectivity index (χ0v) is 15.7. The number of aliphatic imine (C=N–C) groups is 1. The van der Waals surface area contributed by atoms with E-state index >= 15 is 0 Å². The molecule has 29 heavy (non-hydrogen) atoms. The zero-order chi connectivity index (χ0) is 20.2. The summed E-state index contributed by atoms with van der Waals surface area (Å²) in [6.45, 7) is 0.858. The molecule has 1 saturated heterocycles. The van der Waals surface area contributed by atoms with Crippen LogP contribution < -0.4 is 0 Å². The van der Waals surface area contributed by atoms with Crippen LogP contribution in [0.25, 0.3) is 0 Å². The second-order valence-electron chi connectivity index (χ2n) is 7.97. The Kier molecular flexibility index (Phi) is 4.22. The Hall–Kier alpha value is -2.70. The maximum absolute atomic E-state index is 13.3. The van der Waals surface area contributed by atoms with E-state index in [1.165, 1.54) is 6.07 Å². The van der Waals surface area contributed by atoms with Crippen molar-refractivity contribution in [3.05, 3.63) is 65.0 Å². The molecule has 1 aromatic carbocycles. The molecule has 2 aromatic rings. The largest absolute Gasteiger partial charge is 0.416 e. The number of carbonyl (C=O) groups is 1. The van der Waals surface area contributed by atoms with Gasteiger partial charge in [0.1, 0.15) is 5.71 Å². The van der Waals surface area contributed by atoms with E-state index in [0.717, 1.165) is 23.7 Å². The van der Waals surface area contributed by atoms with Crippen molar-refractivity contribution in [1.82, 2.24) is 9.88 Å². The summed E-state index contributed by atoms with van der Waals surface area (Å²) in [5.74, 6) is -0.00792. The molecule has 2 aliphatic heterocycles. The highest BCUT2D eigenvalue weighted by Crippen LogP contribution is 2.47. The average molecular weight is 399 g/mol. The predicted octanol–water partition coefficient (Wildman–Crippen LogP) is 4.17. The van der Waals surface area contributed by atoms with Crippen LogP contribution in [-0.4, -0.2) is 40.6 Å². The van der Waals surface area contributed by atoms with Crippen LogP contribution >= 0.6 is 0 Å². The minimum Gasteiger partial charge on any atom is -0.337 e. The molecule has 1 saturated carbocycles. The Morgan fingerprint density at radius 1 is 1.07 bits per heavy atom. The van der Waals surface area contributed by atoms with Gasteiger partial charge in [-0.15, -0.1) is 0 Å². The summed E-state index contributed by atoms with van der Waals surface area (Å²) < 4.78 is 40.0. The number of nitrogens with zero attached hydrogens (tertiary/aromatic N) is 3. The van der Waals surface area contributed by atoms with Crippen LogP contribution in [0.15, 0.2) is 47.6 Å². The van der Waals surface area contributed by atoms with Crippen LogP contribution in [0.2, 0.25) is 0 Å². The third-order valence-corrected chi connectivity index (χ3v) is 6.19. The van der Waals surface area contributed by atoms with Gasteiger partial charge in [0, 0.05) is 30.8 Å². The summed E-state index contributed by atoms with van der Waals surface area (Å²) in [7, 11) is 0. The van der Waals surface area contributed by atoms with Gasteiger partial charge in [-0.05, 0) is 48.9 Å². The van der Waals surface area contributed by atoms with Crippen LogP contribution in [0.4, 0.5) is 13.2 Å². The lowest BCUT2D eigenvalue weighted by molar-refractivity contribution is -0.138. The summed E-state index contributed by atoms with van der Waals surface area (Å²) in [5.41, 5.74) is 1.98. The standard InChI is InChI=1S/C22H20F3N3O/c23-22(24,25)17-6-2-1-4-14(17)13-7-10-28(11-8-13)21(29)20-15-5-3-9-26-19(15)16-12-18(16)27-20/h1-6,9,13,16,18H,7-8,10-12H2/t16?,18-/m1/s1. The number of aromatic nitrogens is 1. The molecule has 7 heteroatoms. The highest BCUT2D eigenvalue weighted by atomic mass is 19.4. The van der Waals surface area contributed by atoms with Gasteiger partial charge < -0.3 is 4.90 Å². The van der Waals surface area contributed by atoms with Crippen LogP contribution in [0.5, 0.6) is 0 Å². The van der Waals surface area contributed by atoms with Gasteiger partial charge >= 0.3 is 6.18 Å². The molecule has 1 unspecified atom stereocenters. The maximum atomic E-state index is 13.3. The van der Waals surface area contributed by atoms with Gasteiger partial charge in [-0.25, -0.2) is 0 Å². The van der Waals surface area contributed by atoms with Crippen molar-refractivity contribution in [1.29, 1.82) is 0 Å². The van der Waals surface area contributed by atoms with E-state index in [9.17, 15) is 18.0 Å². The number of likely N-dealkylation sites (tertiary alicyclic amines) is 1. The molecule has 2 atom stereocenters. The molecule has 1 amide bonds. The topological polar surface area (TPSA) is 45.6 Å². The summed E-state index contributed by atoms with van der Waals surface area (Å²) in [6.07, 6.45) is -0.670. The van der Waals surface area contributed by atoms with Crippen molar-refractivity contribution < 1.29 is 18.0 Å². The van der Waals surface area contributed by atoms with Gasteiger partial charge in [0.25, 0.3) is 5.91 Å². The Balaban J connectivity index is 1.33. The number of piperidine rings is 1. The molecule has 0 N–H and O–H groups in total. The van der Waals surface area contributed by atoms with Crippen LogP contribution in [-0.2, 0) is 11.0 Å². The van der Waals surface area contributed by atoms with E-state index in [2.05, 4.69) is 9.98 Å². The SMILES string of the molecule is O=C(C1=N[C@@H]2CC2c2ncccc21)N1CCC(c2ccccc2C(F)(F)F)CC1. The molecule has 1 aromatic heterocycles. The third kappa shape index (κ3) is 3.22. The first-order chi connectivity index (χ1) is 13.9. The number of halogens is 3. The number of carbonyl (C=O) groups excluding carboxylic acids is 1. The van der Waals surface area contributed by atoms with E-state index in [-0.39, 0.29) is 17.9 Å². The number of hydrogen-bond donors (Lipinski definition) is 0. The molecular formula is C22H20F3N3O. The van der Waals surface area contributed by atoms with Gasteiger partial charge in [-0.3, -0.25) is 14.8 Å². The number of benzene rings is 1. The number of amides is 1. The Labute approximate surface area is 166 Å². The van der Waals surface area contributed by atoms with Gasteiger partial charge in [0.2, 0.25) is 0 Å². The lowest BCUT2D eigenvalue weighted by Gasteiger charge is -2.34. The van der Waals surface area contributed by atoms with Gasteiger partial charge in [0.15, 0.2) is 0 Å². The van der Waals surface area contributed by atoms with Crippen LogP contribution in [0.3, 0.4) is 0 Å². The molecular weight excluding hydrogens is 379 g/mol. The molecule has 2 fully saturated rings. The lowest BCUT2D eigenvalue weighted by Crippen LogP contribution is -2.43. The lowest BCUT2D eigenvalue weighted by atomic mass is 9.86. The van der Waals surface area contributed by atoms with Crippen molar-refractivity contribution >= 4 is 11.6 Å². The minimum atomic E-state index is -4.36. The summed E-state index contributed by atoms with van der Waals surface area (Å²) in [4.78, 5) is 23.9. The first-order valence-corrected chi connectivity index (χ1v) is 9.92. The monoisotopic (exact) mass is 399 g/mol. The molecule has 3 aliphatic rings. The van der Waals surface area contributed by atoms with Crippen molar-refractivity contribution in [3.8, 4) is 0 Å². The zero-order valence-electron chi connectivity index (χ0n) is 15.7. The Bertz CT molecular complexity index is 993.